The van der Waals surface area contributed by atoms with E-state index in [4.69, 9.17) is 4.74 Å². The summed E-state index contributed by atoms with van der Waals surface area (Å²) < 4.78 is 5.96. The molecule has 0 spiro atoms. The third-order valence-corrected chi connectivity index (χ3v) is 6.12. The molecule has 2 aromatic rings. The van der Waals surface area contributed by atoms with Crippen molar-refractivity contribution in [2.24, 2.45) is 5.92 Å². The zero-order chi connectivity index (χ0) is 24.7. The van der Waals surface area contributed by atoms with Crippen molar-refractivity contribution in [3.05, 3.63) is 94.5 Å². The van der Waals surface area contributed by atoms with E-state index in [1.54, 1.807) is 12.1 Å². The van der Waals surface area contributed by atoms with Gasteiger partial charge >= 0.3 is 0 Å². The molecule has 1 aliphatic heterocycles. The van der Waals surface area contributed by atoms with Crippen LogP contribution in [0, 0.1) is 16.0 Å². The number of nitro benzene ring substituents is 1. The van der Waals surface area contributed by atoms with Gasteiger partial charge in [0.15, 0.2) is 5.75 Å². The highest BCUT2D eigenvalue weighted by Gasteiger charge is 2.28. The fourth-order valence-corrected chi connectivity index (χ4v) is 4.10. The van der Waals surface area contributed by atoms with Gasteiger partial charge in [-0.05, 0) is 49.0 Å². The maximum Gasteiger partial charge on any atom is 0.270 e. The topological polar surface area (TPSA) is 72.2 Å². The molecule has 0 aromatic heterocycles. The van der Waals surface area contributed by atoms with Crippen LogP contribution < -0.4 is 15.0 Å². The van der Waals surface area contributed by atoms with E-state index in [-0.39, 0.29) is 16.0 Å². The first-order valence-corrected chi connectivity index (χ1v) is 11.9. The van der Waals surface area contributed by atoms with Gasteiger partial charge in [0, 0.05) is 30.3 Å². The van der Waals surface area contributed by atoms with Crippen LogP contribution in [-0.2, 0) is 5.41 Å². The van der Waals surface area contributed by atoms with Gasteiger partial charge in [-0.25, -0.2) is 0 Å². The molecule has 0 saturated carbocycles. The van der Waals surface area contributed by atoms with Gasteiger partial charge < -0.3 is 9.64 Å². The molecular formula is C28H36N3O3+. The second kappa shape index (κ2) is 11.2. The van der Waals surface area contributed by atoms with Crippen molar-refractivity contribution in [1.82, 2.24) is 0 Å². The summed E-state index contributed by atoms with van der Waals surface area (Å²) in [5.74, 6) is 2.27. The Hall–Kier alpha value is -3.38. The number of para-hydroxylation sites is 2. The highest BCUT2D eigenvalue weighted by Crippen LogP contribution is 2.38. The Bertz CT molecular complexity index is 1100. The minimum Gasteiger partial charge on any atom is -0.439 e. The van der Waals surface area contributed by atoms with Crippen LogP contribution in [0.5, 0.6) is 5.75 Å². The minimum absolute atomic E-state index is 0.137. The van der Waals surface area contributed by atoms with Crippen molar-refractivity contribution in [3.63, 3.8) is 0 Å². The number of quaternary nitrogens is 1. The third kappa shape index (κ3) is 6.14. The lowest BCUT2D eigenvalue weighted by Crippen LogP contribution is -2.71. The number of hydrogen-bond acceptors (Lipinski definition) is 4. The van der Waals surface area contributed by atoms with E-state index < -0.39 is 0 Å². The smallest absolute Gasteiger partial charge is 0.270 e. The standard InChI is InChI=1S/C28H35N3O3/c1-6-30-25-12-9-10-13-26(25)34-27(30)14-8-7-11-19-29-24-16-15-22(31(32)33)20-23(24)28(4,5)18-17-21(2)3/h7-16,19-21,29H,6,17-18H2,1-5H3/p+1/b8-7+,19-11+,27-14-. The summed E-state index contributed by atoms with van der Waals surface area (Å²) in [6.07, 6.45) is 11.8. The summed E-state index contributed by atoms with van der Waals surface area (Å²) >= 11 is 0. The summed E-state index contributed by atoms with van der Waals surface area (Å²) in [6, 6.07) is 13.2. The normalized spacial score (nSPS) is 15.0. The molecular weight excluding hydrogens is 426 g/mol. The van der Waals surface area contributed by atoms with E-state index >= 15 is 0 Å². The Morgan fingerprint density at radius 2 is 1.91 bits per heavy atom. The van der Waals surface area contributed by atoms with Crippen LogP contribution in [0.15, 0.2) is 78.9 Å². The number of nitrogens with two attached hydrogens (primary N) is 1. The van der Waals surface area contributed by atoms with Gasteiger partial charge in [-0.2, -0.15) is 0 Å². The number of ether oxygens (including phenoxy) is 1. The molecule has 34 heavy (non-hydrogen) atoms. The molecule has 1 heterocycles. The average molecular weight is 463 g/mol. The maximum atomic E-state index is 11.4. The second-order valence-electron chi connectivity index (χ2n) is 9.60. The summed E-state index contributed by atoms with van der Waals surface area (Å²) in [7, 11) is 0. The molecule has 0 saturated heterocycles. The van der Waals surface area contributed by atoms with Crippen molar-refractivity contribution < 1.29 is 15.0 Å². The lowest BCUT2D eigenvalue weighted by Gasteiger charge is -2.26. The predicted octanol–water partition coefficient (Wildman–Crippen LogP) is 6.33. The van der Waals surface area contributed by atoms with Gasteiger partial charge in [0.2, 0.25) is 5.88 Å². The maximum absolute atomic E-state index is 11.4. The summed E-state index contributed by atoms with van der Waals surface area (Å²) in [4.78, 5) is 13.2. The Morgan fingerprint density at radius 3 is 2.62 bits per heavy atom. The SMILES string of the molecule is CCN1/C(=C/C=C/C=C/[NH2+]c2ccc([N+](=O)[O-])cc2C(C)(C)CCC(C)C)Oc2ccccc21. The molecule has 0 atom stereocenters. The van der Waals surface area contributed by atoms with E-state index in [1.165, 1.54) is 0 Å². The highest BCUT2D eigenvalue weighted by atomic mass is 16.6. The van der Waals surface area contributed by atoms with Gasteiger partial charge in [0.25, 0.3) is 5.69 Å². The Balaban J connectivity index is 1.71. The van der Waals surface area contributed by atoms with Crippen LogP contribution in [-0.4, -0.2) is 11.5 Å². The van der Waals surface area contributed by atoms with Crippen molar-refractivity contribution in [1.29, 1.82) is 0 Å². The Morgan fingerprint density at radius 1 is 1.15 bits per heavy atom. The Kier molecular flexibility index (Phi) is 8.29. The zero-order valence-electron chi connectivity index (χ0n) is 20.8. The van der Waals surface area contributed by atoms with Gasteiger partial charge in [0.1, 0.15) is 5.69 Å². The molecule has 2 N–H and O–H groups in total. The monoisotopic (exact) mass is 462 g/mol. The molecule has 0 amide bonds. The van der Waals surface area contributed by atoms with E-state index in [2.05, 4.69) is 45.6 Å². The lowest BCUT2D eigenvalue weighted by molar-refractivity contribution is -0.497. The molecule has 6 nitrogen and oxygen atoms in total. The molecule has 2 aromatic carbocycles. The molecule has 1 aliphatic rings. The van der Waals surface area contributed by atoms with E-state index in [0.717, 1.165) is 48.0 Å². The first-order chi connectivity index (χ1) is 16.2. The molecule has 0 bridgehead atoms. The van der Waals surface area contributed by atoms with Crippen molar-refractivity contribution in [2.45, 2.75) is 52.9 Å². The number of nitro groups is 1. The largest absolute Gasteiger partial charge is 0.439 e. The van der Waals surface area contributed by atoms with Crippen LogP contribution in [0.4, 0.5) is 17.1 Å². The number of rotatable bonds is 10. The van der Waals surface area contributed by atoms with E-state index in [1.807, 2.05) is 60.1 Å². The summed E-state index contributed by atoms with van der Waals surface area (Å²) in [5.41, 5.74) is 3.08. The van der Waals surface area contributed by atoms with Gasteiger partial charge in [0.05, 0.1) is 16.8 Å². The lowest BCUT2D eigenvalue weighted by atomic mass is 9.78. The first-order valence-electron chi connectivity index (χ1n) is 11.9. The van der Waals surface area contributed by atoms with Gasteiger partial charge in [-0.3, -0.25) is 15.4 Å². The number of nitrogens with zero attached hydrogens (tertiary/aromatic N) is 2. The van der Waals surface area contributed by atoms with Gasteiger partial charge in [-0.1, -0.05) is 58.4 Å². The van der Waals surface area contributed by atoms with Crippen molar-refractivity contribution in [2.75, 3.05) is 11.4 Å². The Labute approximate surface area is 202 Å². The first kappa shape index (κ1) is 25.2. The molecule has 0 radical (unpaired) electrons. The third-order valence-electron chi connectivity index (χ3n) is 6.12. The fraction of sp³-hybridized carbons (Fsp3) is 0.357. The number of fused-ring (bicyclic) bond motifs is 1. The van der Waals surface area contributed by atoms with Gasteiger partial charge in [-0.15, -0.1) is 0 Å². The number of allylic oxidation sites excluding steroid dienone is 4. The molecule has 0 unspecified atom stereocenters. The van der Waals surface area contributed by atoms with E-state index in [0.29, 0.717) is 5.92 Å². The van der Waals surface area contributed by atoms with Crippen molar-refractivity contribution >= 4 is 17.1 Å². The van der Waals surface area contributed by atoms with E-state index in [9.17, 15) is 10.1 Å². The molecule has 6 heteroatoms. The second-order valence-corrected chi connectivity index (χ2v) is 9.60. The zero-order valence-corrected chi connectivity index (χ0v) is 20.8. The quantitative estimate of drug-likeness (QED) is 0.194. The van der Waals surface area contributed by atoms with Crippen LogP contribution in [0.25, 0.3) is 0 Å². The summed E-state index contributed by atoms with van der Waals surface area (Å²) in [6.45, 7) is 11.7. The van der Waals surface area contributed by atoms with Crippen LogP contribution in [0.1, 0.15) is 53.0 Å². The molecule has 3 rings (SSSR count). The average Bonchev–Trinajstić information content (AvgIpc) is 3.17. The van der Waals surface area contributed by atoms with Crippen LogP contribution in [0.3, 0.4) is 0 Å². The van der Waals surface area contributed by atoms with Crippen molar-refractivity contribution in [3.8, 4) is 5.75 Å². The molecule has 180 valence electrons. The fourth-order valence-electron chi connectivity index (χ4n) is 4.10. The number of benzene rings is 2. The highest BCUT2D eigenvalue weighted by molar-refractivity contribution is 5.66. The minimum atomic E-state index is -0.319. The molecule has 0 aliphatic carbocycles. The predicted molar refractivity (Wildman–Crippen MR) is 138 cm³/mol. The van der Waals surface area contributed by atoms with Crippen LogP contribution >= 0.6 is 0 Å². The van der Waals surface area contributed by atoms with Crippen LogP contribution in [0.2, 0.25) is 0 Å². The number of anilines is 1. The molecule has 0 fully saturated rings. The number of non-ortho nitro benzene ring substituents is 1. The summed E-state index contributed by atoms with van der Waals surface area (Å²) in [5, 5.41) is 13.4. The number of hydrogen-bond donors (Lipinski definition) is 1.